The number of nitrogens with one attached hydrogen (secondary N) is 3. The van der Waals surface area contributed by atoms with Gasteiger partial charge in [0.25, 0.3) is 0 Å². The van der Waals surface area contributed by atoms with Gasteiger partial charge in [0.05, 0.1) is 23.9 Å². The fourth-order valence-electron chi connectivity index (χ4n) is 5.40. The number of pyridine rings is 1. The molecule has 0 bridgehead atoms. The van der Waals surface area contributed by atoms with Crippen molar-refractivity contribution in [1.29, 1.82) is 5.26 Å². The molecule has 0 atom stereocenters. The Morgan fingerprint density at radius 3 is 2.41 bits per heavy atom. The third-order valence-corrected chi connectivity index (χ3v) is 8.05. The third-order valence-electron chi connectivity index (χ3n) is 7.77. The lowest BCUT2D eigenvalue weighted by Crippen LogP contribution is -2.49. The molecule has 4 heterocycles. The average molecular weight is 636 g/mol. The largest absolute Gasteiger partial charge is 0.467 e. The molecule has 0 aliphatic heterocycles. The average Bonchev–Trinajstić information content (AvgIpc) is 3.54. The number of benzene rings is 1. The Morgan fingerprint density at radius 2 is 1.76 bits per heavy atom. The number of hydrogen-bond acceptors (Lipinski definition) is 10. The number of nitrogens with zero attached hydrogens (tertiary/aromatic N) is 8. The van der Waals surface area contributed by atoms with Crippen LogP contribution in [0.2, 0.25) is 5.02 Å². The number of amides is 2. The molecule has 0 saturated heterocycles. The number of aromatic amines is 1. The lowest BCUT2D eigenvalue weighted by molar-refractivity contribution is 0.240. The van der Waals surface area contributed by atoms with Gasteiger partial charge in [-0.1, -0.05) is 41.9 Å². The number of halogens is 1. The molecular formula is C32H30ClN11O2. The summed E-state index contributed by atoms with van der Waals surface area (Å²) >= 11 is 6.24. The minimum absolute atomic E-state index is 0.0614. The zero-order valence-corrected chi connectivity index (χ0v) is 25.6. The maximum Gasteiger partial charge on any atom is 0.323 e. The van der Waals surface area contributed by atoms with Crippen LogP contribution in [0, 0.1) is 11.3 Å². The number of urea groups is 1. The van der Waals surface area contributed by atoms with E-state index in [0.717, 1.165) is 42.4 Å². The molecule has 2 amide bonds. The molecule has 13 nitrogen and oxygen atoms in total. The molecule has 14 heteroatoms. The molecule has 3 N–H and O–H groups in total. The Morgan fingerprint density at radius 1 is 1.00 bits per heavy atom. The Hall–Kier alpha value is -5.61. The van der Waals surface area contributed by atoms with Gasteiger partial charge in [-0.15, -0.1) is 0 Å². The molecule has 5 aromatic rings. The lowest BCUT2D eigenvalue weighted by Gasteiger charge is -2.36. The van der Waals surface area contributed by atoms with Crippen LogP contribution in [0.3, 0.4) is 0 Å². The highest BCUT2D eigenvalue weighted by atomic mass is 35.5. The van der Waals surface area contributed by atoms with E-state index in [1.54, 1.807) is 23.5 Å². The maximum absolute atomic E-state index is 13.7. The molecule has 1 aliphatic rings. The molecule has 6 rings (SSSR count). The van der Waals surface area contributed by atoms with E-state index in [1.165, 1.54) is 19.5 Å². The Bertz CT molecular complexity index is 1820. The number of aromatic nitrogens is 7. The second-order valence-corrected chi connectivity index (χ2v) is 11.1. The SMILES string of the molecule is COc1ncc(-c2ccc(N(C(=O)NCc3ccccc3)[C@H]3CC[C@H](Nc4ncc(C#N)c(-c5n[nH]cc5Cl)n4)CC3)nc2)cn1. The summed E-state index contributed by atoms with van der Waals surface area (Å²) in [7, 11) is 1.52. The number of carbonyl (C=O) groups is 1. The van der Waals surface area contributed by atoms with Gasteiger partial charge in [0.2, 0.25) is 5.95 Å². The molecule has 1 aliphatic carbocycles. The van der Waals surface area contributed by atoms with Gasteiger partial charge in [-0.05, 0) is 43.4 Å². The van der Waals surface area contributed by atoms with Crippen LogP contribution < -0.4 is 20.3 Å². The molecule has 0 unspecified atom stereocenters. The van der Waals surface area contributed by atoms with E-state index in [0.29, 0.717) is 34.7 Å². The predicted octanol–water partition coefficient (Wildman–Crippen LogP) is 5.39. The van der Waals surface area contributed by atoms with Crippen LogP contribution in [0.1, 0.15) is 36.8 Å². The summed E-state index contributed by atoms with van der Waals surface area (Å²) < 4.78 is 5.06. The zero-order valence-electron chi connectivity index (χ0n) is 24.9. The predicted molar refractivity (Wildman–Crippen MR) is 172 cm³/mol. The molecular weight excluding hydrogens is 606 g/mol. The standard InChI is InChI=1S/C32H30ClN11O2/c1-46-31-37-17-23(18-38-31)21-7-12-27(35-15-21)44(32(45)39-14-20-5-3-2-4-6-20)25-10-8-24(9-11-25)41-30-36-16-22(13-34)28(42-30)29-26(33)19-40-43-29/h2-7,12,15-19,24-25H,8-11,14H2,1H3,(H,39,45)(H,40,43)(H,36,41,42)/t24-,25-. The zero-order chi connectivity index (χ0) is 31.9. The minimum atomic E-state index is -0.218. The summed E-state index contributed by atoms with van der Waals surface area (Å²) in [6.45, 7) is 0.396. The molecule has 0 spiro atoms. The van der Waals surface area contributed by atoms with E-state index >= 15 is 0 Å². The van der Waals surface area contributed by atoms with Crippen molar-refractivity contribution in [2.75, 3.05) is 17.3 Å². The number of H-pyrrole nitrogens is 1. The van der Waals surface area contributed by atoms with Crippen molar-refractivity contribution < 1.29 is 9.53 Å². The summed E-state index contributed by atoms with van der Waals surface area (Å²) in [5, 5.41) is 23.2. The normalized spacial score (nSPS) is 15.8. The fraction of sp³-hybridized carbons (Fsp3) is 0.250. The summed E-state index contributed by atoms with van der Waals surface area (Å²) in [5.74, 6) is 0.935. The first-order valence-corrected chi connectivity index (χ1v) is 15.1. The van der Waals surface area contributed by atoms with Gasteiger partial charge in [-0.2, -0.15) is 10.4 Å². The number of anilines is 2. The molecule has 0 radical (unpaired) electrons. The Balaban J connectivity index is 1.17. The van der Waals surface area contributed by atoms with Gasteiger partial charge < -0.3 is 15.4 Å². The van der Waals surface area contributed by atoms with Gasteiger partial charge in [0.15, 0.2) is 0 Å². The summed E-state index contributed by atoms with van der Waals surface area (Å²) in [5.41, 5.74) is 3.64. The number of rotatable bonds is 9. The fourth-order valence-corrected chi connectivity index (χ4v) is 5.58. The van der Waals surface area contributed by atoms with Crippen LogP contribution in [0.5, 0.6) is 6.01 Å². The van der Waals surface area contributed by atoms with Crippen molar-refractivity contribution in [2.45, 2.75) is 44.3 Å². The number of methoxy groups -OCH3 is 1. The number of ether oxygens (including phenoxy) is 1. The molecule has 1 fully saturated rings. The van der Waals surface area contributed by atoms with Crippen molar-refractivity contribution in [2.24, 2.45) is 0 Å². The second kappa shape index (κ2) is 14.0. The molecule has 1 aromatic carbocycles. The van der Waals surface area contributed by atoms with Crippen molar-refractivity contribution in [3.8, 4) is 34.6 Å². The van der Waals surface area contributed by atoms with Crippen LogP contribution in [-0.4, -0.2) is 60.3 Å². The topological polar surface area (TPSA) is 171 Å². The van der Waals surface area contributed by atoms with Crippen molar-refractivity contribution in [1.82, 2.24) is 40.4 Å². The summed E-state index contributed by atoms with van der Waals surface area (Å²) in [6, 6.07) is 15.7. The number of carbonyl (C=O) groups excluding carboxylic acids is 1. The summed E-state index contributed by atoms with van der Waals surface area (Å²) in [6.07, 6.45) is 11.0. The lowest BCUT2D eigenvalue weighted by atomic mass is 9.90. The number of hydrogen-bond donors (Lipinski definition) is 3. The van der Waals surface area contributed by atoms with Gasteiger partial charge in [-0.25, -0.2) is 29.7 Å². The molecule has 4 aromatic heterocycles. The van der Waals surface area contributed by atoms with E-state index in [9.17, 15) is 10.1 Å². The van der Waals surface area contributed by atoms with E-state index in [-0.39, 0.29) is 29.7 Å². The summed E-state index contributed by atoms with van der Waals surface area (Å²) in [4.78, 5) is 37.4. The smallest absolute Gasteiger partial charge is 0.323 e. The van der Waals surface area contributed by atoms with Gasteiger partial charge >= 0.3 is 12.0 Å². The first kappa shape index (κ1) is 30.4. The Labute approximate surface area is 270 Å². The van der Waals surface area contributed by atoms with Crippen LogP contribution in [0.15, 0.2) is 73.4 Å². The van der Waals surface area contributed by atoms with Crippen LogP contribution in [-0.2, 0) is 6.54 Å². The number of nitriles is 1. The van der Waals surface area contributed by atoms with E-state index in [2.05, 4.69) is 46.8 Å². The third kappa shape index (κ3) is 6.87. The van der Waals surface area contributed by atoms with Crippen LogP contribution in [0.25, 0.3) is 22.5 Å². The quantitative estimate of drug-likeness (QED) is 0.191. The monoisotopic (exact) mass is 635 g/mol. The van der Waals surface area contributed by atoms with E-state index in [4.69, 9.17) is 21.3 Å². The molecule has 46 heavy (non-hydrogen) atoms. The highest BCUT2D eigenvalue weighted by Gasteiger charge is 2.31. The molecule has 1 saturated carbocycles. The Kier molecular flexibility index (Phi) is 9.26. The highest BCUT2D eigenvalue weighted by Crippen LogP contribution is 2.31. The molecule has 232 valence electrons. The van der Waals surface area contributed by atoms with E-state index < -0.39 is 0 Å². The second-order valence-electron chi connectivity index (χ2n) is 10.7. The highest BCUT2D eigenvalue weighted by molar-refractivity contribution is 6.32. The van der Waals surface area contributed by atoms with Gasteiger partial charge in [-0.3, -0.25) is 10.00 Å². The van der Waals surface area contributed by atoms with Crippen molar-refractivity contribution >= 4 is 29.4 Å². The van der Waals surface area contributed by atoms with Crippen LogP contribution in [0.4, 0.5) is 16.6 Å². The van der Waals surface area contributed by atoms with Gasteiger partial charge in [0, 0.05) is 54.5 Å². The van der Waals surface area contributed by atoms with Crippen molar-refractivity contribution in [3.63, 3.8) is 0 Å². The first-order valence-electron chi connectivity index (χ1n) is 14.7. The maximum atomic E-state index is 13.7. The minimum Gasteiger partial charge on any atom is -0.467 e. The van der Waals surface area contributed by atoms with Gasteiger partial charge in [0.1, 0.15) is 23.3 Å². The van der Waals surface area contributed by atoms with E-state index in [1.807, 2.05) is 42.5 Å². The first-order chi connectivity index (χ1) is 22.5. The van der Waals surface area contributed by atoms with Crippen molar-refractivity contribution in [3.05, 3.63) is 89.6 Å². The van der Waals surface area contributed by atoms with Crippen LogP contribution >= 0.6 is 11.6 Å².